The summed E-state index contributed by atoms with van der Waals surface area (Å²) in [7, 11) is 0. The van der Waals surface area contributed by atoms with Gasteiger partial charge in [0.25, 0.3) is 5.91 Å². The number of nitrogens with one attached hydrogen (secondary N) is 2. The van der Waals surface area contributed by atoms with Crippen LogP contribution < -0.4 is 10.6 Å². The van der Waals surface area contributed by atoms with Gasteiger partial charge in [-0.2, -0.15) is 0 Å². The molecule has 0 aromatic heterocycles. The molecule has 0 saturated carbocycles. The first-order chi connectivity index (χ1) is 14.5. The van der Waals surface area contributed by atoms with Crippen molar-refractivity contribution in [2.75, 3.05) is 25.0 Å². The number of halogens is 2. The van der Waals surface area contributed by atoms with E-state index in [0.717, 1.165) is 38.0 Å². The first-order valence-corrected chi connectivity index (χ1v) is 10.7. The number of piperidine rings is 1. The molecule has 5 nitrogen and oxygen atoms in total. The predicted octanol–water partition coefficient (Wildman–Crippen LogP) is 4.76. The van der Waals surface area contributed by atoms with E-state index < -0.39 is 0 Å². The average molecular weight is 446 g/mol. The van der Waals surface area contributed by atoms with E-state index in [2.05, 4.69) is 22.1 Å². The predicted molar refractivity (Wildman–Crippen MR) is 122 cm³/mol. The van der Waals surface area contributed by atoms with Gasteiger partial charge >= 0.3 is 0 Å². The fraction of sp³-hybridized carbons (Fsp3) is 0.304. The van der Waals surface area contributed by atoms with E-state index >= 15 is 0 Å². The van der Waals surface area contributed by atoms with Gasteiger partial charge in [0.15, 0.2) is 0 Å². The Bertz CT molecular complexity index is 924. The van der Waals surface area contributed by atoms with Crippen LogP contribution in [0.25, 0.3) is 0 Å². The van der Waals surface area contributed by atoms with E-state index in [1.54, 1.807) is 30.3 Å². The fourth-order valence-corrected chi connectivity index (χ4v) is 3.86. The normalized spacial score (nSPS) is 14.9. The summed E-state index contributed by atoms with van der Waals surface area (Å²) in [4.78, 5) is 27.4. The van der Waals surface area contributed by atoms with Crippen LogP contribution >= 0.6 is 23.2 Å². The number of hydrogen-bond donors (Lipinski definition) is 2. The Kier molecular flexibility index (Phi) is 7.91. The van der Waals surface area contributed by atoms with Crippen molar-refractivity contribution in [3.8, 4) is 0 Å². The molecule has 158 valence electrons. The molecule has 1 fully saturated rings. The summed E-state index contributed by atoms with van der Waals surface area (Å²) in [6, 6.07) is 12.7. The van der Waals surface area contributed by atoms with Crippen molar-refractivity contribution in [3.05, 3.63) is 76.3 Å². The van der Waals surface area contributed by atoms with Crippen LogP contribution in [0.4, 0.5) is 5.69 Å². The van der Waals surface area contributed by atoms with Gasteiger partial charge in [-0.15, -0.1) is 6.58 Å². The second kappa shape index (κ2) is 10.6. The van der Waals surface area contributed by atoms with E-state index in [1.807, 2.05) is 18.2 Å². The Morgan fingerprint density at radius 1 is 1.10 bits per heavy atom. The molecule has 0 atom stereocenters. The molecule has 1 saturated heterocycles. The molecule has 0 radical (unpaired) electrons. The molecule has 7 heteroatoms. The number of benzene rings is 2. The summed E-state index contributed by atoms with van der Waals surface area (Å²) >= 11 is 12.1. The van der Waals surface area contributed by atoms with Gasteiger partial charge in [-0.05, 0) is 55.8 Å². The fourth-order valence-electron chi connectivity index (χ4n) is 3.53. The summed E-state index contributed by atoms with van der Waals surface area (Å²) in [5.74, 6) is -0.366. The average Bonchev–Trinajstić information content (AvgIpc) is 2.75. The topological polar surface area (TPSA) is 61.4 Å². The van der Waals surface area contributed by atoms with E-state index in [-0.39, 0.29) is 17.7 Å². The van der Waals surface area contributed by atoms with Crippen molar-refractivity contribution in [2.45, 2.75) is 19.4 Å². The molecule has 0 unspecified atom stereocenters. The van der Waals surface area contributed by atoms with Crippen molar-refractivity contribution in [1.29, 1.82) is 0 Å². The van der Waals surface area contributed by atoms with E-state index in [0.29, 0.717) is 27.8 Å². The largest absolute Gasteiger partial charge is 0.349 e. The van der Waals surface area contributed by atoms with Gasteiger partial charge in [0.2, 0.25) is 5.91 Å². The van der Waals surface area contributed by atoms with Crippen molar-refractivity contribution in [3.63, 3.8) is 0 Å². The molecule has 0 aliphatic carbocycles. The number of carbonyl (C=O) groups is 2. The lowest BCUT2D eigenvalue weighted by Crippen LogP contribution is -2.38. The molecule has 2 aromatic carbocycles. The minimum absolute atomic E-state index is 0.0480. The van der Waals surface area contributed by atoms with Gasteiger partial charge in [0, 0.05) is 19.0 Å². The van der Waals surface area contributed by atoms with Gasteiger partial charge < -0.3 is 10.6 Å². The van der Waals surface area contributed by atoms with E-state index in [1.165, 1.54) is 0 Å². The molecule has 1 aliphatic heterocycles. The number of hydrogen-bond acceptors (Lipinski definition) is 3. The Hall–Kier alpha value is -2.34. The highest BCUT2D eigenvalue weighted by Gasteiger charge is 2.26. The summed E-state index contributed by atoms with van der Waals surface area (Å²) in [6.07, 6.45) is 3.14. The monoisotopic (exact) mass is 445 g/mol. The highest BCUT2D eigenvalue weighted by atomic mass is 35.5. The molecule has 0 spiro atoms. The number of para-hydroxylation sites is 1. The maximum absolute atomic E-state index is 12.8. The molecule has 0 bridgehead atoms. The van der Waals surface area contributed by atoms with Crippen LogP contribution in [-0.2, 0) is 11.3 Å². The number of likely N-dealkylation sites (tertiary alicyclic amines) is 1. The number of rotatable bonds is 7. The van der Waals surface area contributed by atoms with Gasteiger partial charge in [0.1, 0.15) is 0 Å². The Morgan fingerprint density at radius 3 is 2.53 bits per heavy atom. The number of carbonyl (C=O) groups excluding carboxylic acids is 2. The summed E-state index contributed by atoms with van der Waals surface area (Å²) in [5, 5.41) is 6.79. The maximum atomic E-state index is 12.8. The standard InChI is InChI=1S/C23H25Cl2N3O2/c1-2-11-26-23(30)18-5-3-4-6-21(18)27-22(29)17-9-12-28(13-10-17)15-16-7-8-19(24)20(25)14-16/h2-8,14,17H,1,9-13,15H2,(H,26,30)(H,27,29). The minimum Gasteiger partial charge on any atom is -0.349 e. The lowest BCUT2D eigenvalue weighted by molar-refractivity contribution is -0.121. The molecule has 30 heavy (non-hydrogen) atoms. The van der Waals surface area contributed by atoms with Crippen LogP contribution in [0.15, 0.2) is 55.1 Å². The minimum atomic E-state index is -0.234. The third-order valence-corrected chi connectivity index (χ3v) is 5.92. The van der Waals surface area contributed by atoms with Crippen molar-refractivity contribution >= 4 is 40.7 Å². The first kappa shape index (κ1) is 22.3. The molecular weight excluding hydrogens is 421 g/mol. The van der Waals surface area contributed by atoms with Gasteiger partial charge in [-0.1, -0.05) is 47.5 Å². The van der Waals surface area contributed by atoms with Crippen molar-refractivity contribution in [1.82, 2.24) is 10.2 Å². The quantitative estimate of drug-likeness (QED) is 0.603. The lowest BCUT2D eigenvalue weighted by Gasteiger charge is -2.31. The van der Waals surface area contributed by atoms with Crippen LogP contribution in [0.1, 0.15) is 28.8 Å². The van der Waals surface area contributed by atoms with Crippen LogP contribution in [0.5, 0.6) is 0 Å². The highest BCUT2D eigenvalue weighted by molar-refractivity contribution is 6.42. The van der Waals surface area contributed by atoms with E-state index in [9.17, 15) is 9.59 Å². The molecule has 1 heterocycles. The van der Waals surface area contributed by atoms with E-state index in [4.69, 9.17) is 23.2 Å². The number of anilines is 1. The Balaban J connectivity index is 1.55. The first-order valence-electron chi connectivity index (χ1n) is 9.93. The third-order valence-electron chi connectivity index (χ3n) is 5.19. The Morgan fingerprint density at radius 2 is 1.83 bits per heavy atom. The lowest BCUT2D eigenvalue weighted by atomic mass is 9.95. The van der Waals surface area contributed by atoms with Crippen molar-refractivity contribution in [2.24, 2.45) is 5.92 Å². The van der Waals surface area contributed by atoms with Crippen LogP contribution in [0.2, 0.25) is 10.0 Å². The highest BCUT2D eigenvalue weighted by Crippen LogP contribution is 2.26. The molecule has 1 aliphatic rings. The van der Waals surface area contributed by atoms with Gasteiger partial charge in [-0.25, -0.2) is 0 Å². The zero-order chi connectivity index (χ0) is 21.5. The van der Waals surface area contributed by atoms with Crippen LogP contribution in [-0.4, -0.2) is 36.3 Å². The summed E-state index contributed by atoms with van der Waals surface area (Å²) in [6.45, 7) is 6.39. The second-order valence-electron chi connectivity index (χ2n) is 7.33. The maximum Gasteiger partial charge on any atom is 0.253 e. The summed E-state index contributed by atoms with van der Waals surface area (Å²) < 4.78 is 0. The smallest absolute Gasteiger partial charge is 0.253 e. The zero-order valence-electron chi connectivity index (χ0n) is 16.7. The zero-order valence-corrected chi connectivity index (χ0v) is 18.2. The summed E-state index contributed by atoms with van der Waals surface area (Å²) in [5.41, 5.74) is 2.08. The molecule has 2 aromatic rings. The van der Waals surface area contributed by atoms with Crippen molar-refractivity contribution < 1.29 is 9.59 Å². The van der Waals surface area contributed by atoms with Crippen LogP contribution in [0.3, 0.4) is 0 Å². The number of amides is 2. The molecule has 3 rings (SSSR count). The molecular formula is C23H25Cl2N3O2. The van der Waals surface area contributed by atoms with Gasteiger partial charge in [0.05, 0.1) is 21.3 Å². The Labute approximate surface area is 187 Å². The van der Waals surface area contributed by atoms with Gasteiger partial charge in [-0.3, -0.25) is 14.5 Å². The molecule has 2 amide bonds. The third kappa shape index (κ3) is 5.85. The SMILES string of the molecule is C=CCNC(=O)c1ccccc1NC(=O)C1CCN(Cc2ccc(Cl)c(Cl)c2)CC1. The molecule has 2 N–H and O–H groups in total. The number of nitrogens with zero attached hydrogens (tertiary/aromatic N) is 1. The van der Waals surface area contributed by atoms with Crippen LogP contribution in [0, 0.1) is 5.92 Å². The second-order valence-corrected chi connectivity index (χ2v) is 8.15.